The van der Waals surface area contributed by atoms with Gasteiger partial charge in [-0.1, -0.05) is 50.1 Å². The van der Waals surface area contributed by atoms with Crippen LogP contribution >= 0.6 is 0 Å². The zero-order valence-electron chi connectivity index (χ0n) is 20.7. The minimum Gasteiger partial charge on any atom is -0.444 e. The molecule has 0 saturated carbocycles. The van der Waals surface area contributed by atoms with Crippen LogP contribution < -0.4 is 10.6 Å². The summed E-state index contributed by atoms with van der Waals surface area (Å²) in [5.74, 6) is -1.27. The molecule has 2 atom stereocenters. The summed E-state index contributed by atoms with van der Waals surface area (Å²) in [7, 11) is 0. The van der Waals surface area contributed by atoms with Gasteiger partial charge in [-0.05, 0) is 59.9 Å². The summed E-state index contributed by atoms with van der Waals surface area (Å²) in [6.07, 6.45) is 5.02. The standard InChI is InChI=1S/C25H37N3O4/c1-11-28(22(30)19(16(2)3)26-23(31)32-25(8,9)10)20(21(29)27-24(5,6)7)18-14-12-13-17(4)15-18/h1,12-16,19-20H,2-10H3,(H,26,31)(H,27,29). The Morgan fingerprint density at radius 2 is 1.69 bits per heavy atom. The maximum absolute atomic E-state index is 13.5. The first-order valence-corrected chi connectivity index (χ1v) is 10.7. The van der Waals surface area contributed by atoms with Crippen molar-refractivity contribution in [3.8, 4) is 12.5 Å². The molecule has 1 aromatic rings. The highest BCUT2D eigenvalue weighted by Gasteiger charge is 2.38. The van der Waals surface area contributed by atoms with Gasteiger partial charge in [0.1, 0.15) is 17.7 Å². The van der Waals surface area contributed by atoms with Crippen LogP contribution in [0.25, 0.3) is 0 Å². The molecule has 0 heterocycles. The number of hydrogen-bond acceptors (Lipinski definition) is 4. The highest BCUT2D eigenvalue weighted by atomic mass is 16.6. The van der Waals surface area contributed by atoms with Gasteiger partial charge in [0.15, 0.2) is 0 Å². The van der Waals surface area contributed by atoms with Crippen molar-refractivity contribution >= 4 is 17.9 Å². The fourth-order valence-electron chi connectivity index (χ4n) is 3.06. The van der Waals surface area contributed by atoms with Gasteiger partial charge in [0.25, 0.3) is 5.91 Å². The lowest BCUT2D eigenvalue weighted by atomic mass is 9.97. The van der Waals surface area contributed by atoms with E-state index in [-0.39, 0.29) is 5.92 Å². The molecule has 1 aromatic carbocycles. The number of ether oxygens (including phenoxy) is 1. The summed E-state index contributed by atoms with van der Waals surface area (Å²) in [6, 6.07) is 7.60. The Kier molecular flexibility index (Phi) is 8.90. The molecule has 1 rings (SSSR count). The molecular weight excluding hydrogens is 406 g/mol. The molecule has 0 aliphatic heterocycles. The van der Waals surface area contributed by atoms with Crippen LogP contribution in [0, 0.1) is 25.3 Å². The number of aryl methyl sites for hydroxylation is 1. The van der Waals surface area contributed by atoms with Gasteiger partial charge in [0.05, 0.1) is 0 Å². The maximum atomic E-state index is 13.5. The first-order valence-electron chi connectivity index (χ1n) is 10.7. The van der Waals surface area contributed by atoms with E-state index in [2.05, 4.69) is 16.7 Å². The molecule has 2 unspecified atom stereocenters. The molecule has 2 N–H and O–H groups in total. The maximum Gasteiger partial charge on any atom is 0.408 e. The Morgan fingerprint density at radius 1 is 1.09 bits per heavy atom. The Labute approximate surface area is 192 Å². The van der Waals surface area contributed by atoms with Crippen LogP contribution in [0.2, 0.25) is 0 Å². The predicted molar refractivity (Wildman–Crippen MR) is 125 cm³/mol. The molecule has 0 bridgehead atoms. The first kappa shape index (κ1) is 27.0. The van der Waals surface area contributed by atoms with Gasteiger partial charge in [-0.2, -0.15) is 0 Å². The van der Waals surface area contributed by atoms with Crippen LogP contribution in [0.4, 0.5) is 4.79 Å². The molecule has 0 aliphatic rings. The molecule has 7 heteroatoms. The third-order valence-corrected chi connectivity index (χ3v) is 4.34. The van der Waals surface area contributed by atoms with Crippen LogP contribution in [-0.2, 0) is 14.3 Å². The molecule has 0 aromatic heterocycles. The monoisotopic (exact) mass is 443 g/mol. The van der Waals surface area contributed by atoms with E-state index in [4.69, 9.17) is 11.2 Å². The number of carbonyl (C=O) groups is 3. The summed E-state index contributed by atoms with van der Waals surface area (Å²) < 4.78 is 5.30. The van der Waals surface area contributed by atoms with Crippen LogP contribution in [0.3, 0.4) is 0 Å². The number of carbonyl (C=O) groups excluding carboxylic acids is 3. The number of nitrogens with zero attached hydrogens (tertiary/aromatic N) is 1. The second kappa shape index (κ2) is 10.5. The minimum atomic E-state index is -1.06. The van der Waals surface area contributed by atoms with Crippen molar-refractivity contribution in [1.82, 2.24) is 15.5 Å². The Morgan fingerprint density at radius 3 is 2.12 bits per heavy atom. The van der Waals surface area contributed by atoms with Gasteiger partial charge in [-0.15, -0.1) is 0 Å². The van der Waals surface area contributed by atoms with Crippen molar-refractivity contribution in [2.45, 2.75) is 85.5 Å². The summed E-state index contributed by atoms with van der Waals surface area (Å²) in [5, 5.41) is 5.52. The van der Waals surface area contributed by atoms with E-state index in [1.54, 1.807) is 46.8 Å². The fraction of sp³-hybridized carbons (Fsp3) is 0.560. The molecule has 3 amide bonds. The van der Waals surface area contributed by atoms with Gasteiger partial charge < -0.3 is 15.4 Å². The third-order valence-electron chi connectivity index (χ3n) is 4.34. The van der Waals surface area contributed by atoms with E-state index in [1.165, 1.54) is 0 Å². The van der Waals surface area contributed by atoms with Gasteiger partial charge >= 0.3 is 6.09 Å². The zero-order valence-corrected chi connectivity index (χ0v) is 20.7. The summed E-state index contributed by atoms with van der Waals surface area (Å²) in [6.45, 7) is 16.2. The van der Waals surface area contributed by atoms with Crippen molar-refractivity contribution in [2.24, 2.45) is 5.92 Å². The zero-order chi connectivity index (χ0) is 24.9. The quantitative estimate of drug-likeness (QED) is 0.515. The molecule has 0 saturated heterocycles. The topological polar surface area (TPSA) is 87.7 Å². The Bertz CT molecular complexity index is 872. The summed E-state index contributed by atoms with van der Waals surface area (Å²) in [4.78, 5) is 40.2. The molecule has 0 fully saturated rings. The van der Waals surface area contributed by atoms with Crippen molar-refractivity contribution in [3.63, 3.8) is 0 Å². The van der Waals surface area contributed by atoms with Crippen LogP contribution in [0.15, 0.2) is 24.3 Å². The second-order valence-electron chi connectivity index (χ2n) is 10.3. The number of hydrogen-bond donors (Lipinski definition) is 2. The number of amides is 3. The highest BCUT2D eigenvalue weighted by Crippen LogP contribution is 2.25. The van der Waals surface area contributed by atoms with E-state index in [0.717, 1.165) is 10.5 Å². The fourth-order valence-corrected chi connectivity index (χ4v) is 3.06. The average molecular weight is 444 g/mol. The van der Waals surface area contributed by atoms with Crippen molar-refractivity contribution in [2.75, 3.05) is 0 Å². The van der Waals surface area contributed by atoms with E-state index in [0.29, 0.717) is 5.56 Å². The largest absolute Gasteiger partial charge is 0.444 e. The molecular formula is C25H37N3O4. The van der Waals surface area contributed by atoms with Crippen LogP contribution in [0.5, 0.6) is 0 Å². The summed E-state index contributed by atoms with van der Waals surface area (Å²) >= 11 is 0. The van der Waals surface area contributed by atoms with E-state index in [1.807, 2.05) is 39.8 Å². The second-order valence-corrected chi connectivity index (χ2v) is 10.3. The average Bonchev–Trinajstić information content (AvgIpc) is 2.60. The van der Waals surface area contributed by atoms with E-state index >= 15 is 0 Å². The lowest BCUT2D eigenvalue weighted by Gasteiger charge is -2.33. The molecule has 32 heavy (non-hydrogen) atoms. The molecule has 176 valence electrons. The Balaban J connectivity index is 3.38. The molecule has 0 radical (unpaired) electrons. The van der Waals surface area contributed by atoms with Gasteiger partial charge in [-0.25, -0.2) is 4.79 Å². The molecule has 0 spiro atoms. The van der Waals surface area contributed by atoms with Crippen molar-refractivity contribution in [3.05, 3.63) is 35.4 Å². The molecule has 0 aliphatic carbocycles. The van der Waals surface area contributed by atoms with Crippen LogP contribution in [-0.4, -0.2) is 40.0 Å². The number of benzene rings is 1. The lowest BCUT2D eigenvalue weighted by molar-refractivity contribution is -0.140. The van der Waals surface area contributed by atoms with E-state index in [9.17, 15) is 14.4 Å². The van der Waals surface area contributed by atoms with Gasteiger partial charge in [-0.3, -0.25) is 14.5 Å². The third kappa shape index (κ3) is 8.26. The predicted octanol–water partition coefficient (Wildman–Crippen LogP) is 3.92. The lowest BCUT2D eigenvalue weighted by Crippen LogP contribution is -2.54. The number of alkyl carbamates (subject to hydrolysis) is 1. The number of nitrogens with one attached hydrogen (secondary N) is 2. The molecule has 7 nitrogen and oxygen atoms in total. The SMILES string of the molecule is C#CN(C(=O)C(NC(=O)OC(C)(C)C)C(C)C)C(C(=O)NC(C)(C)C)c1cccc(C)c1. The number of rotatable bonds is 6. The minimum absolute atomic E-state index is 0.297. The normalized spacial score (nSPS) is 13.5. The van der Waals surface area contributed by atoms with Gasteiger partial charge in [0, 0.05) is 11.6 Å². The van der Waals surface area contributed by atoms with E-state index < -0.39 is 41.1 Å². The van der Waals surface area contributed by atoms with Crippen LogP contribution in [0.1, 0.15) is 72.6 Å². The van der Waals surface area contributed by atoms with Crippen molar-refractivity contribution in [1.29, 1.82) is 0 Å². The number of terminal acetylenes is 1. The Hall–Kier alpha value is -3.01. The first-order chi connectivity index (χ1) is 14.6. The van der Waals surface area contributed by atoms with Crippen molar-refractivity contribution < 1.29 is 19.1 Å². The van der Waals surface area contributed by atoms with Gasteiger partial charge in [0.2, 0.25) is 5.91 Å². The summed E-state index contributed by atoms with van der Waals surface area (Å²) in [5.41, 5.74) is 0.247. The smallest absolute Gasteiger partial charge is 0.408 e. The highest BCUT2D eigenvalue weighted by molar-refractivity contribution is 5.93.